The van der Waals surface area contributed by atoms with E-state index >= 15 is 0 Å². The first kappa shape index (κ1) is 23.3. The molecule has 1 amide bonds. The van der Waals surface area contributed by atoms with Crippen molar-refractivity contribution in [3.63, 3.8) is 0 Å². The SMILES string of the molecule is N=Cc1cc(/C=C2\SC(N3CC(N)C3)=NC2=O)ccc1NCc1ccc(Cl)cc1C(F)(F)F. The summed E-state index contributed by atoms with van der Waals surface area (Å²) in [7, 11) is 0. The Balaban J connectivity index is 1.49. The zero-order chi connectivity index (χ0) is 23.8. The van der Waals surface area contributed by atoms with E-state index in [1.54, 1.807) is 24.3 Å². The molecule has 1 saturated heterocycles. The van der Waals surface area contributed by atoms with Crippen LogP contribution in [0.3, 0.4) is 0 Å². The van der Waals surface area contributed by atoms with Crippen molar-refractivity contribution in [2.24, 2.45) is 10.7 Å². The molecule has 2 aromatic rings. The second-order valence-electron chi connectivity index (χ2n) is 7.62. The van der Waals surface area contributed by atoms with Gasteiger partial charge in [-0.1, -0.05) is 23.7 Å². The quantitative estimate of drug-likeness (QED) is 0.418. The summed E-state index contributed by atoms with van der Waals surface area (Å²) in [5.41, 5.74) is 6.65. The number of benzene rings is 2. The van der Waals surface area contributed by atoms with E-state index in [1.807, 2.05) is 4.90 Å². The minimum atomic E-state index is -4.53. The number of hydrogen-bond donors (Lipinski definition) is 3. The first-order valence-corrected chi connectivity index (χ1v) is 11.1. The van der Waals surface area contributed by atoms with Crippen molar-refractivity contribution in [3.05, 3.63) is 68.6 Å². The Hall–Kier alpha value is -2.82. The molecular weight excluding hydrogens is 475 g/mol. The molecule has 0 radical (unpaired) electrons. The van der Waals surface area contributed by atoms with Crippen LogP contribution in [0, 0.1) is 5.41 Å². The normalized spacial score (nSPS) is 17.8. The maximum atomic E-state index is 13.3. The summed E-state index contributed by atoms with van der Waals surface area (Å²) in [4.78, 5) is 18.7. The molecule has 11 heteroatoms. The second kappa shape index (κ2) is 9.20. The third-order valence-corrected chi connectivity index (χ3v) is 6.44. The van der Waals surface area contributed by atoms with Crippen LogP contribution in [0.15, 0.2) is 46.3 Å². The molecule has 2 aliphatic heterocycles. The maximum absolute atomic E-state index is 13.3. The molecule has 2 aliphatic rings. The van der Waals surface area contributed by atoms with Gasteiger partial charge in [-0.25, -0.2) is 0 Å². The van der Waals surface area contributed by atoms with Crippen molar-refractivity contribution in [1.29, 1.82) is 5.41 Å². The molecule has 0 unspecified atom stereocenters. The average molecular weight is 494 g/mol. The molecule has 0 atom stereocenters. The molecule has 0 bridgehead atoms. The molecule has 0 aliphatic carbocycles. The lowest BCUT2D eigenvalue weighted by atomic mass is 10.1. The van der Waals surface area contributed by atoms with Crippen molar-refractivity contribution < 1.29 is 18.0 Å². The number of amidine groups is 1. The van der Waals surface area contributed by atoms with Gasteiger partial charge in [0.2, 0.25) is 0 Å². The van der Waals surface area contributed by atoms with Gasteiger partial charge in [0.05, 0.1) is 10.5 Å². The highest BCUT2D eigenvalue weighted by atomic mass is 35.5. The Labute approximate surface area is 197 Å². The van der Waals surface area contributed by atoms with Gasteiger partial charge in [-0.15, -0.1) is 0 Å². The fraction of sp³-hybridized carbons (Fsp3) is 0.227. The molecule has 1 fully saturated rings. The number of rotatable bonds is 5. The fourth-order valence-corrected chi connectivity index (χ4v) is 4.57. The highest BCUT2D eigenvalue weighted by Crippen LogP contribution is 2.35. The minimum absolute atomic E-state index is 0.00654. The van der Waals surface area contributed by atoms with Crippen LogP contribution in [-0.2, 0) is 17.5 Å². The zero-order valence-electron chi connectivity index (χ0n) is 17.1. The number of nitrogens with two attached hydrogens (primary N) is 1. The van der Waals surface area contributed by atoms with E-state index in [-0.39, 0.29) is 29.1 Å². The van der Waals surface area contributed by atoms with E-state index in [2.05, 4.69) is 10.3 Å². The highest BCUT2D eigenvalue weighted by molar-refractivity contribution is 8.18. The molecule has 4 rings (SSSR count). The number of nitrogens with one attached hydrogen (secondary N) is 2. The van der Waals surface area contributed by atoms with E-state index < -0.39 is 11.7 Å². The zero-order valence-corrected chi connectivity index (χ0v) is 18.7. The van der Waals surface area contributed by atoms with Gasteiger partial charge in [-0.05, 0) is 53.2 Å². The van der Waals surface area contributed by atoms with Crippen LogP contribution in [0.2, 0.25) is 5.02 Å². The van der Waals surface area contributed by atoms with Gasteiger partial charge in [0.15, 0.2) is 5.17 Å². The highest BCUT2D eigenvalue weighted by Gasteiger charge is 2.34. The van der Waals surface area contributed by atoms with Crippen LogP contribution in [0.5, 0.6) is 0 Å². The van der Waals surface area contributed by atoms with Crippen molar-refractivity contribution in [2.75, 3.05) is 18.4 Å². The first-order valence-electron chi connectivity index (χ1n) is 9.91. The van der Waals surface area contributed by atoms with E-state index in [9.17, 15) is 18.0 Å². The van der Waals surface area contributed by atoms with E-state index in [0.29, 0.717) is 40.0 Å². The topological polar surface area (TPSA) is 94.6 Å². The number of thioether (sulfide) groups is 1. The first-order chi connectivity index (χ1) is 15.6. The van der Waals surface area contributed by atoms with E-state index in [0.717, 1.165) is 12.3 Å². The molecule has 0 saturated carbocycles. The Morgan fingerprint density at radius 3 is 2.70 bits per heavy atom. The number of likely N-dealkylation sites (tertiary alicyclic amines) is 1. The van der Waals surface area contributed by atoms with E-state index in [4.69, 9.17) is 22.7 Å². The summed E-state index contributed by atoms with van der Waals surface area (Å²) in [5.74, 6) is -0.337. The number of nitrogens with zero attached hydrogens (tertiary/aromatic N) is 2. The van der Waals surface area contributed by atoms with Gasteiger partial charge < -0.3 is 21.4 Å². The van der Waals surface area contributed by atoms with Crippen LogP contribution in [0.1, 0.15) is 22.3 Å². The molecular formula is C22H19ClF3N5OS. The largest absolute Gasteiger partial charge is 0.416 e. The number of aliphatic imine (C=N–C) groups is 1. The monoisotopic (exact) mass is 493 g/mol. The number of carbonyl (C=O) groups is 1. The van der Waals surface area contributed by atoms with Gasteiger partial charge in [-0.2, -0.15) is 18.2 Å². The molecule has 0 spiro atoms. The molecule has 33 heavy (non-hydrogen) atoms. The standard InChI is InChI=1S/C22H19ClF3N5OS/c23-15-3-2-13(17(7-15)22(24,25)26)9-29-18-4-1-12(5-14(18)8-27)6-19-20(32)30-21(33-19)31-10-16(28)11-31/h1-8,16,27,29H,9-11,28H2/b19-6-,27-8?. The number of carbonyl (C=O) groups excluding carboxylic acids is 1. The average Bonchev–Trinajstić information content (AvgIpc) is 3.10. The Bertz CT molecular complexity index is 1180. The van der Waals surface area contributed by atoms with Crippen molar-refractivity contribution in [2.45, 2.75) is 18.8 Å². The summed E-state index contributed by atoms with van der Waals surface area (Å²) in [5, 5.41) is 11.3. The third kappa shape index (κ3) is 5.23. The summed E-state index contributed by atoms with van der Waals surface area (Å²) in [6.45, 7) is 1.22. The number of alkyl halides is 3. The fourth-order valence-electron chi connectivity index (χ4n) is 3.46. The lowest BCUT2D eigenvalue weighted by molar-refractivity contribution is -0.138. The second-order valence-corrected chi connectivity index (χ2v) is 9.06. The molecule has 0 aromatic heterocycles. The molecule has 6 nitrogen and oxygen atoms in total. The Morgan fingerprint density at radius 1 is 1.27 bits per heavy atom. The van der Waals surface area contributed by atoms with Gasteiger partial charge in [0, 0.05) is 48.2 Å². The number of anilines is 1. The maximum Gasteiger partial charge on any atom is 0.416 e. The molecule has 2 aromatic carbocycles. The third-order valence-electron chi connectivity index (χ3n) is 5.17. The summed E-state index contributed by atoms with van der Waals surface area (Å²) >= 11 is 7.00. The predicted molar refractivity (Wildman–Crippen MR) is 126 cm³/mol. The van der Waals surface area contributed by atoms with Gasteiger partial charge in [0.25, 0.3) is 5.91 Å². The summed E-state index contributed by atoms with van der Waals surface area (Å²) in [6, 6.07) is 8.78. The van der Waals surface area contributed by atoms with Crippen molar-refractivity contribution in [1.82, 2.24) is 4.90 Å². The van der Waals surface area contributed by atoms with Crippen LogP contribution in [0.25, 0.3) is 6.08 Å². The molecule has 172 valence electrons. The van der Waals surface area contributed by atoms with E-state index in [1.165, 1.54) is 23.9 Å². The van der Waals surface area contributed by atoms with Crippen LogP contribution in [-0.4, -0.2) is 41.3 Å². The van der Waals surface area contributed by atoms with Crippen molar-refractivity contribution >= 4 is 52.4 Å². The number of amides is 1. The lowest BCUT2D eigenvalue weighted by Gasteiger charge is -2.37. The number of hydrogen-bond acceptors (Lipinski definition) is 6. The van der Waals surface area contributed by atoms with Crippen LogP contribution in [0.4, 0.5) is 18.9 Å². The van der Waals surface area contributed by atoms with Gasteiger partial charge in [-0.3, -0.25) is 4.79 Å². The summed E-state index contributed by atoms with van der Waals surface area (Å²) < 4.78 is 40.0. The van der Waals surface area contributed by atoms with Crippen molar-refractivity contribution in [3.8, 4) is 0 Å². The Kier molecular flexibility index (Phi) is 6.51. The smallest absolute Gasteiger partial charge is 0.380 e. The van der Waals surface area contributed by atoms with Crippen LogP contribution >= 0.6 is 23.4 Å². The van der Waals surface area contributed by atoms with Gasteiger partial charge >= 0.3 is 6.18 Å². The van der Waals surface area contributed by atoms with Crippen LogP contribution < -0.4 is 11.1 Å². The molecule has 4 N–H and O–H groups in total. The predicted octanol–water partition coefficient (Wildman–Crippen LogP) is 4.58. The number of halogens is 4. The lowest BCUT2D eigenvalue weighted by Crippen LogP contribution is -2.56. The Morgan fingerprint density at radius 2 is 2.03 bits per heavy atom. The minimum Gasteiger partial charge on any atom is -0.380 e. The summed E-state index contributed by atoms with van der Waals surface area (Å²) in [6.07, 6.45) is -1.75. The van der Waals surface area contributed by atoms with Gasteiger partial charge in [0.1, 0.15) is 0 Å². The molecule has 2 heterocycles.